The van der Waals surface area contributed by atoms with Gasteiger partial charge in [0.05, 0.1) is 6.61 Å². The van der Waals surface area contributed by atoms with E-state index < -0.39 is 5.97 Å². The van der Waals surface area contributed by atoms with Gasteiger partial charge in [0.2, 0.25) is 0 Å². The van der Waals surface area contributed by atoms with Gasteiger partial charge in [-0.1, -0.05) is 43.3 Å². The highest BCUT2D eigenvalue weighted by Crippen LogP contribution is 2.41. The summed E-state index contributed by atoms with van der Waals surface area (Å²) in [5.41, 5.74) is 5.98. The highest BCUT2D eigenvalue weighted by molar-refractivity contribution is 7.17. The number of benzene rings is 2. The van der Waals surface area contributed by atoms with Crippen LogP contribution in [0.1, 0.15) is 57.6 Å². The summed E-state index contributed by atoms with van der Waals surface area (Å²) >= 11 is 1.40. The lowest BCUT2D eigenvalue weighted by atomic mass is 10.0. The molecular weight excluding hydrogens is 444 g/mol. The third-order valence-corrected chi connectivity index (χ3v) is 7.19. The Labute approximate surface area is 204 Å². The normalized spacial score (nSPS) is 11.1. The van der Waals surface area contributed by atoms with Crippen LogP contribution in [0.5, 0.6) is 0 Å². The molecule has 0 saturated heterocycles. The van der Waals surface area contributed by atoms with Gasteiger partial charge >= 0.3 is 5.97 Å². The van der Waals surface area contributed by atoms with E-state index >= 15 is 0 Å². The van der Waals surface area contributed by atoms with Crippen molar-refractivity contribution in [1.82, 2.24) is 4.57 Å². The van der Waals surface area contributed by atoms with Crippen molar-refractivity contribution >= 4 is 39.1 Å². The molecule has 4 aromatic rings. The van der Waals surface area contributed by atoms with Crippen molar-refractivity contribution in [2.45, 2.75) is 47.6 Å². The Balaban J connectivity index is 1.82. The summed E-state index contributed by atoms with van der Waals surface area (Å²) in [4.78, 5) is 27.6. The smallest absolute Gasteiger partial charge is 0.341 e. The predicted octanol–water partition coefficient (Wildman–Crippen LogP) is 7.00. The number of esters is 1. The second-order valence-corrected chi connectivity index (χ2v) is 9.43. The number of hydrogen-bond acceptors (Lipinski definition) is 4. The van der Waals surface area contributed by atoms with E-state index in [0.717, 1.165) is 38.9 Å². The lowest BCUT2D eigenvalue weighted by Gasteiger charge is -2.11. The number of nitrogens with one attached hydrogen (secondary N) is 1. The van der Waals surface area contributed by atoms with E-state index in [4.69, 9.17) is 4.74 Å². The van der Waals surface area contributed by atoms with E-state index in [1.165, 1.54) is 16.9 Å². The second kappa shape index (κ2) is 9.85. The summed E-state index contributed by atoms with van der Waals surface area (Å²) < 4.78 is 7.43. The number of carbonyl (C=O) groups is 2. The number of hydrogen-bond donors (Lipinski definition) is 1. The number of ether oxygens (including phenoxy) is 1. The molecule has 176 valence electrons. The van der Waals surface area contributed by atoms with Crippen LogP contribution in [-0.4, -0.2) is 23.1 Å². The Morgan fingerprint density at radius 3 is 2.41 bits per heavy atom. The average molecular weight is 475 g/mol. The largest absolute Gasteiger partial charge is 0.462 e. The van der Waals surface area contributed by atoms with Crippen molar-refractivity contribution in [1.29, 1.82) is 0 Å². The van der Waals surface area contributed by atoms with E-state index in [0.29, 0.717) is 22.8 Å². The van der Waals surface area contributed by atoms with Crippen molar-refractivity contribution in [2.24, 2.45) is 0 Å². The van der Waals surface area contributed by atoms with Crippen molar-refractivity contribution < 1.29 is 14.3 Å². The first-order valence-electron chi connectivity index (χ1n) is 11.7. The number of anilines is 1. The molecule has 0 aliphatic carbocycles. The minimum atomic E-state index is -0.429. The number of nitrogens with zero attached hydrogens (tertiary/aromatic N) is 1. The number of fused-ring (bicyclic) bond motifs is 1. The van der Waals surface area contributed by atoms with Crippen LogP contribution < -0.4 is 5.32 Å². The number of carbonyl (C=O) groups excluding carboxylic acids is 2. The molecule has 0 bridgehead atoms. The summed E-state index contributed by atoms with van der Waals surface area (Å²) in [5, 5.41) is 4.66. The molecule has 0 spiro atoms. The van der Waals surface area contributed by atoms with Crippen molar-refractivity contribution in [3.8, 4) is 11.1 Å². The van der Waals surface area contributed by atoms with Crippen LogP contribution in [0.25, 0.3) is 22.0 Å². The molecule has 0 fully saturated rings. The predicted molar refractivity (Wildman–Crippen MR) is 140 cm³/mol. The maximum Gasteiger partial charge on any atom is 0.341 e. The van der Waals surface area contributed by atoms with Gasteiger partial charge in [-0.2, -0.15) is 0 Å². The fourth-order valence-corrected chi connectivity index (χ4v) is 5.62. The summed E-state index contributed by atoms with van der Waals surface area (Å²) in [5.74, 6) is -0.652. The molecule has 0 radical (unpaired) electrons. The number of aryl methyl sites for hydroxylation is 4. The van der Waals surface area contributed by atoms with E-state index in [1.807, 2.05) is 55.7 Å². The summed E-state index contributed by atoms with van der Waals surface area (Å²) in [6, 6.07) is 16.1. The summed E-state index contributed by atoms with van der Waals surface area (Å²) in [7, 11) is 0. The van der Waals surface area contributed by atoms with Crippen LogP contribution in [-0.2, 0) is 17.7 Å². The van der Waals surface area contributed by atoms with Crippen LogP contribution >= 0.6 is 11.3 Å². The van der Waals surface area contributed by atoms with Gasteiger partial charge in [0, 0.05) is 27.9 Å². The topological polar surface area (TPSA) is 60.3 Å². The molecule has 1 N–H and O–H groups in total. The molecule has 2 aromatic carbocycles. The molecule has 5 nitrogen and oxygen atoms in total. The zero-order valence-corrected chi connectivity index (χ0v) is 21.1. The maximum atomic E-state index is 13.7. The zero-order chi connectivity index (χ0) is 24.4. The minimum absolute atomic E-state index is 0.222. The third-order valence-electron chi connectivity index (χ3n) is 6.17. The van der Waals surface area contributed by atoms with Gasteiger partial charge in [-0.3, -0.25) is 4.79 Å². The second-order valence-electron chi connectivity index (χ2n) is 8.20. The fraction of sp³-hybridized carbons (Fsp3) is 0.286. The molecule has 6 heteroatoms. The van der Waals surface area contributed by atoms with Gasteiger partial charge in [-0.25, -0.2) is 4.79 Å². The number of amides is 1. The van der Waals surface area contributed by atoms with Crippen molar-refractivity contribution in [3.63, 3.8) is 0 Å². The lowest BCUT2D eigenvalue weighted by Crippen LogP contribution is -2.19. The minimum Gasteiger partial charge on any atom is -0.462 e. The first kappa shape index (κ1) is 23.8. The summed E-state index contributed by atoms with van der Waals surface area (Å²) in [6.45, 7) is 10.8. The fourth-order valence-electron chi connectivity index (χ4n) is 4.56. The Bertz CT molecular complexity index is 1370. The van der Waals surface area contributed by atoms with Crippen LogP contribution in [0, 0.1) is 13.8 Å². The molecular formula is C28H30N2O3S. The summed E-state index contributed by atoms with van der Waals surface area (Å²) in [6.07, 6.45) is 0.938. The molecule has 0 unspecified atom stereocenters. The van der Waals surface area contributed by atoms with E-state index in [2.05, 4.69) is 30.4 Å². The van der Waals surface area contributed by atoms with Crippen LogP contribution in [0.4, 0.5) is 5.00 Å². The quantitative estimate of drug-likeness (QED) is 0.293. The van der Waals surface area contributed by atoms with Gasteiger partial charge in [0.25, 0.3) is 5.91 Å². The van der Waals surface area contributed by atoms with Crippen molar-refractivity contribution in [2.75, 3.05) is 11.9 Å². The first-order chi connectivity index (χ1) is 16.4. The molecule has 34 heavy (non-hydrogen) atoms. The Morgan fingerprint density at radius 1 is 1.03 bits per heavy atom. The van der Waals surface area contributed by atoms with Gasteiger partial charge in [0.15, 0.2) is 0 Å². The Morgan fingerprint density at radius 2 is 1.76 bits per heavy atom. The van der Waals surface area contributed by atoms with Crippen LogP contribution in [0.2, 0.25) is 0 Å². The van der Waals surface area contributed by atoms with Gasteiger partial charge in [-0.15, -0.1) is 11.3 Å². The maximum absolute atomic E-state index is 13.7. The third kappa shape index (κ3) is 4.14. The molecule has 2 aromatic heterocycles. The first-order valence-corrected chi connectivity index (χ1v) is 12.5. The number of thiophene rings is 1. The molecule has 0 aliphatic heterocycles. The van der Waals surface area contributed by atoms with Gasteiger partial charge in [0.1, 0.15) is 16.3 Å². The standard InChI is InChI=1S/C28H30N2O3S/c1-6-19-14-15-22-21(16-19)17(4)25(30(22)7-2)26(31)29-27-24(28(32)33-8-3)23(18(5)34-27)20-12-10-9-11-13-20/h9-16H,6-8H2,1-5H3,(H,29,31). The van der Waals surface area contributed by atoms with Gasteiger partial charge < -0.3 is 14.6 Å². The van der Waals surface area contributed by atoms with Crippen LogP contribution in [0.15, 0.2) is 48.5 Å². The average Bonchev–Trinajstić information content (AvgIpc) is 3.32. The monoisotopic (exact) mass is 474 g/mol. The number of aromatic nitrogens is 1. The van der Waals surface area contributed by atoms with Crippen LogP contribution in [0.3, 0.4) is 0 Å². The molecule has 4 rings (SSSR count). The van der Waals surface area contributed by atoms with Gasteiger partial charge in [-0.05, 0) is 62.9 Å². The molecule has 2 heterocycles. The van der Waals surface area contributed by atoms with E-state index in [-0.39, 0.29) is 12.5 Å². The molecule has 0 saturated carbocycles. The van der Waals surface area contributed by atoms with Crippen molar-refractivity contribution in [3.05, 3.63) is 75.8 Å². The molecule has 1 amide bonds. The number of rotatable bonds is 7. The zero-order valence-electron chi connectivity index (χ0n) is 20.3. The molecule has 0 aliphatic rings. The van der Waals surface area contributed by atoms with E-state index in [1.54, 1.807) is 6.92 Å². The highest BCUT2D eigenvalue weighted by atomic mass is 32.1. The highest BCUT2D eigenvalue weighted by Gasteiger charge is 2.27. The lowest BCUT2D eigenvalue weighted by molar-refractivity contribution is 0.0529. The SMILES string of the molecule is CCOC(=O)c1c(NC(=O)c2c(C)c3cc(CC)ccc3n2CC)sc(C)c1-c1ccccc1. The van der Waals surface area contributed by atoms with E-state index in [9.17, 15) is 9.59 Å². The molecule has 0 atom stereocenters. The Hall–Kier alpha value is -3.38. The Kier molecular flexibility index (Phi) is 6.89.